The van der Waals surface area contributed by atoms with Crippen LogP contribution < -0.4 is 0 Å². The van der Waals surface area contributed by atoms with Gasteiger partial charge in [0.15, 0.2) is 23.3 Å². The first kappa shape index (κ1) is 15.4. The summed E-state index contributed by atoms with van der Waals surface area (Å²) >= 11 is 0. The van der Waals surface area contributed by atoms with E-state index in [4.69, 9.17) is 10.2 Å². The SMILES string of the molecule is O=C(O)c1c(F)c(F)c(C(=O)O)c(F)c1F.[Cu]. The zero-order chi connectivity index (χ0) is 12.6. The van der Waals surface area contributed by atoms with E-state index in [0.717, 1.165) is 0 Å². The van der Waals surface area contributed by atoms with Gasteiger partial charge in [0.2, 0.25) is 0 Å². The molecular formula is C8H2CuF4O4. The Hall–Kier alpha value is -1.60. The molecule has 0 heterocycles. The maximum Gasteiger partial charge on any atom is 0.341 e. The fraction of sp³-hybridized carbons (Fsp3) is 0. The molecular weight excluding hydrogens is 300 g/mol. The van der Waals surface area contributed by atoms with Gasteiger partial charge in [-0.3, -0.25) is 0 Å². The van der Waals surface area contributed by atoms with Crippen LogP contribution in [-0.4, -0.2) is 22.2 Å². The summed E-state index contributed by atoms with van der Waals surface area (Å²) in [5, 5.41) is 16.5. The van der Waals surface area contributed by atoms with Crippen LogP contribution in [0.4, 0.5) is 17.6 Å². The second kappa shape index (κ2) is 5.15. The molecule has 0 aliphatic rings. The molecule has 0 saturated carbocycles. The van der Waals surface area contributed by atoms with Gasteiger partial charge in [0.1, 0.15) is 11.1 Å². The Morgan fingerprint density at radius 1 is 0.706 bits per heavy atom. The molecule has 9 heteroatoms. The maximum absolute atomic E-state index is 12.9. The van der Waals surface area contributed by atoms with Crippen molar-refractivity contribution >= 4 is 11.9 Å². The molecule has 0 saturated heterocycles. The Labute approximate surface area is 101 Å². The van der Waals surface area contributed by atoms with E-state index in [1.54, 1.807) is 0 Å². The molecule has 4 nitrogen and oxygen atoms in total. The molecule has 1 radical (unpaired) electrons. The number of hydrogen-bond donors (Lipinski definition) is 2. The maximum atomic E-state index is 12.9. The zero-order valence-electron chi connectivity index (χ0n) is 7.52. The number of rotatable bonds is 2. The van der Waals surface area contributed by atoms with E-state index in [1.807, 2.05) is 0 Å². The summed E-state index contributed by atoms with van der Waals surface area (Å²) < 4.78 is 51.6. The van der Waals surface area contributed by atoms with Crippen LogP contribution in [0.2, 0.25) is 0 Å². The molecule has 0 aromatic heterocycles. The molecule has 0 unspecified atom stereocenters. The van der Waals surface area contributed by atoms with Gasteiger partial charge in [-0.1, -0.05) is 0 Å². The largest absolute Gasteiger partial charge is 0.477 e. The number of hydrogen-bond acceptors (Lipinski definition) is 2. The van der Waals surface area contributed by atoms with Gasteiger partial charge in [0.25, 0.3) is 0 Å². The van der Waals surface area contributed by atoms with Crippen LogP contribution in [-0.2, 0) is 17.1 Å². The molecule has 0 amide bonds. The average molecular weight is 302 g/mol. The average Bonchev–Trinajstić information content (AvgIpc) is 2.14. The summed E-state index contributed by atoms with van der Waals surface area (Å²) in [6, 6.07) is 0. The Morgan fingerprint density at radius 3 is 1.00 bits per heavy atom. The van der Waals surface area contributed by atoms with Gasteiger partial charge >= 0.3 is 11.9 Å². The minimum atomic E-state index is -2.26. The van der Waals surface area contributed by atoms with Crippen LogP contribution in [0.1, 0.15) is 20.7 Å². The van der Waals surface area contributed by atoms with E-state index in [1.165, 1.54) is 0 Å². The third-order valence-electron chi connectivity index (χ3n) is 1.69. The number of benzene rings is 1. The summed E-state index contributed by atoms with van der Waals surface area (Å²) in [6.07, 6.45) is 0. The predicted octanol–water partition coefficient (Wildman–Crippen LogP) is 1.64. The second-order valence-electron chi connectivity index (χ2n) is 2.62. The molecule has 17 heavy (non-hydrogen) atoms. The quantitative estimate of drug-likeness (QED) is 0.495. The molecule has 0 bridgehead atoms. The Balaban J connectivity index is 0.00000256. The van der Waals surface area contributed by atoms with E-state index in [2.05, 4.69) is 0 Å². The minimum absolute atomic E-state index is 0. The molecule has 0 aliphatic carbocycles. The number of carboxylic acids is 2. The van der Waals surface area contributed by atoms with Gasteiger partial charge in [-0.25, -0.2) is 27.2 Å². The topological polar surface area (TPSA) is 74.6 Å². The molecule has 0 atom stereocenters. The van der Waals surface area contributed by atoms with Crippen molar-refractivity contribution in [3.8, 4) is 0 Å². The molecule has 0 fully saturated rings. The summed E-state index contributed by atoms with van der Waals surface area (Å²) in [7, 11) is 0. The summed E-state index contributed by atoms with van der Waals surface area (Å²) in [6.45, 7) is 0. The smallest absolute Gasteiger partial charge is 0.341 e. The van der Waals surface area contributed by atoms with Crippen LogP contribution in [0.25, 0.3) is 0 Å². The Kier molecular flexibility index (Phi) is 4.67. The first-order valence-electron chi connectivity index (χ1n) is 3.61. The van der Waals surface area contributed by atoms with Gasteiger partial charge < -0.3 is 10.2 Å². The number of halogens is 4. The summed E-state index contributed by atoms with van der Waals surface area (Å²) in [5.74, 6) is -13.5. The van der Waals surface area contributed by atoms with Crippen molar-refractivity contribution in [2.24, 2.45) is 0 Å². The molecule has 1 aromatic rings. The molecule has 0 spiro atoms. The van der Waals surface area contributed by atoms with Crippen LogP contribution in [0.5, 0.6) is 0 Å². The van der Waals surface area contributed by atoms with Crippen LogP contribution in [0.3, 0.4) is 0 Å². The minimum Gasteiger partial charge on any atom is -0.477 e. The van der Waals surface area contributed by atoms with E-state index in [0.29, 0.717) is 0 Å². The Morgan fingerprint density at radius 2 is 0.882 bits per heavy atom. The molecule has 0 aliphatic heterocycles. The van der Waals surface area contributed by atoms with Crippen molar-refractivity contribution in [1.82, 2.24) is 0 Å². The van der Waals surface area contributed by atoms with Crippen LogP contribution in [0.15, 0.2) is 0 Å². The van der Waals surface area contributed by atoms with Crippen molar-refractivity contribution in [1.29, 1.82) is 0 Å². The van der Waals surface area contributed by atoms with Gasteiger partial charge in [0, 0.05) is 17.1 Å². The number of aromatic carboxylic acids is 2. The van der Waals surface area contributed by atoms with Gasteiger partial charge in [-0.05, 0) is 0 Å². The van der Waals surface area contributed by atoms with Crippen molar-refractivity contribution in [2.45, 2.75) is 0 Å². The van der Waals surface area contributed by atoms with Crippen molar-refractivity contribution < 1.29 is 54.4 Å². The van der Waals surface area contributed by atoms with E-state index < -0.39 is 46.3 Å². The number of carbonyl (C=O) groups is 2. The third-order valence-corrected chi connectivity index (χ3v) is 1.69. The Bertz CT molecular complexity index is 429. The standard InChI is InChI=1S/C8H2F4O4.Cu/c9-3-1(7(13)14)4(10)6(12)2(5(3)11)8(15)16;/h(H,13,14)(H,15,16);. The van der Waals surface area contributed by atoms with Crippen molar-refractivity contribution in [3.63, 3.8) is 0 Å². The predicted molar refractivity (Wildman–Crippen MR) is 40.2 cm³/mol. The molecule has 1 aromatic carbocycles. The first-order chi connectivity index (χ1) is 7.29. The van der Waals surface area contributed by atoms with Crippen LogP contribution >= 0.6 is 0 Å². The molecule has 1 rings (SSSR count). The van der Waals surface area contributed by atoms with Crippen molar-refractivity contribution in [2.75, 3.05) is 0 Å². The van der Waals surface area contributed by atoms with E-state index in [-0.39, 0.29) is 17.1 Å². The zero-order valence-corrected chi connectivity index (χ0v) is 8.47. The molecule has 97 valence electrons. The van der Waals surface area contributed by atoms with Crippen LogP contribution in [0, 0.1) is 23.3 Å². The van der Waals surface area contributed by atoms with E-state index in [9.17, 15) is 27.2 Å². The van der Waals surface area contributed by atoms with Gasteiger partial charge in [0.05, 0.1) is 0 Å². The number of carboxylic acid groups (broad SMARTS) is 2. The normalized spacial score (nSPS) is 9.65. The van der Waals surface area contributed by atoms with Gasteiger partial charge in [-0.15, -0.1) is 0 Å². The molecule has 2 N–H and O–H groups in total. The third kappa shape index (κ3) is 2.40. The van der Waals surface area contributed by atoms with E-state index >= 15 is 0 Å². The first-order valence-corrected chi connectivity index (χ1v) is 3.61. The van der Waals surface area contributed by atoms with Crippen molar-refractivity contribution in [3.05, 3.63) is 34.4 Å². The summed E-state index contributed by atoms with van der Waals surface area (Å²) in [4.78, 5) is 20.5. The monoisotopic (exact) mass is 301 g/mol. The second-order valence-corrected chi connectivity index (χ2v) is 2.62. The van der Waals surface area contributed by atoms with Gasteiger partial charge in [-0.2, -0.15) is 0 Å². The summed E-state index contributed by atoms with van der Waals surface area (Å²) in [5.41, 5.74) is -3.75. The fourth-order valence-electron chi connectivity index (χ4n) is 1.01. The fourth-order valence-corrected chi connectivity index (χ4v) is 1.01.